The van der Waals surface area contributed by atoms with Gasteiger partial charge in [-0.05, 0) is 12.8 Å². The number of hydrogen-bond acceptors (Lipinski definition) is 3. The molecule has 5 nitrogen and oxygen atoms in total. The Morgan fingerprint density at radius 3 is 2.79 bits per heavy atom. The normalized spacial score (nSPS) is 32.1. The molecule has 78 valence electrons. The highest BCUT2D eigenvalue weighted by atomic mass is 16.2. The first-order valence-corrected chi connectivity index (χ1v) is 5.00. The summed E-state index contributed by atoms with van der Waals surface area (Å²) >= 11 is 0. The zero-order chi connectivity index (χ0) is 10.1. The molecule has 0 saturated carbocycles. The molecular formula is C9H15N3O2. The van der Waals surface area contributed by atoms with Gasteiger partial charge in [-0.3, -0.25) is 9.59 Å². The Kier molecular flexibility index (Phi) is 2.41. The lowest BCUT2D eigenvalue weighted by atomic mass is 10.2. The molecule has 0 aliphatic carbocycles. The first-order valence-electron chi connectivity index (χ1n) is 5.00. The van der Waals surface area contributed by atoms with Gasteiger partial charge in [0.25, 0.3) is 0 Å². The molecule has 14 heavy (non-hydrogen) atoms. The van der Waals surface area contributed by atoms with Crippen molar-refractivity contribution in [3.05, 3.63) is 0 Å². The average Bonchev–Trinajstić information content (AvgIpc) is 2.73. The summed E-state index contributed by atoms with van der Waals surface area (Å²) in [6.07, 6.45) is 1.96. The summed E-state index contributed by atoms with van der Waals surface area (Å²) in [7, 11) is 0. The molecular weight excluding hydrogens is 182 g/mol. The van der Waals surface area contributed by atoms with Crippen LogP contribution in [0.3, 0.4) is 0 Å². The van der Waals surface area contributed by atoms with E-state index < -0.39 is 0 Å². The number of amides is 2. The second-order valence-electron chi connectivity index (χ2n) is 3.99. The van der Waals surface area contributed by atoms with Crippen LogP contribution in [-0.4, -0.2) is 41.9 Å². The Bertz CT molecular complexity index is 267. The van der Waals surface area contributed by atoms with Crippen LogP contribution in [0.4, 0.5) is 0 Å². The Balaban J connectivity index is 1.92. The van der Waals surface area contributed by atoms with Gasteiger partial charge in [0.15, 0.2) is 0 Å². The third-order valence-corrected chi connectivity index (χ3v) is 2.83. The quantitative estimate of drug-likeness (QED) is 0.556. The van der Waals surface area contributed by atoms with E-state index in [2.05, 4.69) is 5.32 Å². The molecule has 2 fully saturated rings. The molecule has 2 heterocycles. The van der Waals surface area contributed by atoms with E-state index in [9.17, 15) is 9.59 Å². The number of likely N-dealkylation sites (tertiary alicyclic amines) is 1. The molecule has 2 amide bonds. The van der Waals surface area contributed by atoms with Gasteiger partial charge in [0, 0.05) is 25.6 Å². The van der Waals surface area contributed by atoms with Crippen molar-refractivity contribution < 1.29 is 9.59 Å². The Hall–Kier alpha value is -1.10. The molecule has 2 aliphatic heterocycles. The molecule has 0 unspecified atom stereocenters. The maximum Gasteiger partial charge on any atom is 0.245 e. The molecule has 2 rings (SSSR count). The third kappa shape index (κ3) is 1.72. The van der Waals surface area contributed by atoms with Crippen molar-refractivity contribution in [3.63, 3.8) is 0 Å². The minimum Gasteiger partial charge on any atom is -0.344 e. The number of nitrogens with one attached hydrogen (secondary N) is 1. The minimum absolute atomic E-state index is 0.0214. The monoisotopic (exact) mass is 197 g/mol. The third-order valence-electron chi connectivity index (χ3n) is 2.83. The Morgan fingerprint density at radius 2 is 2.29 bits per heavy atom. The lowest BCUT2D eigenvalue weighted by Gasteiger charge is -2.19. The fourth-order valence-electron chi connectivity index (χ4n) is 2.01. The van der Waals surface area contributed by atoms with E-state index in [-0.39, 0.29) is 23.9 Å². The molecule has 3 N–H and O–H groups in total. The number of hydrogen-bond donors (Lipinski definition) is 2. The molecule has 0 aromatic heterocycles. The van der Waals surface area contributed by atoms with Crippen molar-refractivity contribution in [3.8, 4) is 0 Å². The van der Waals surface area contributed by atoms with E-state index >= 15 is 0 Å². The largest absolute Gasteiger partial charge is 0.344 e. The van der Waals surface area contributed by atoms with Gasteiger partial charge in [-0.1, -0.05) is 0 Å². The van der Waals surface area contributed by atoms with Gasteiger partial charge in [-0.15, -0.1) is 0 Å². The predicted octanol–water partition coefficient (Wildman–Crippen LogP) is -1.18. The second-order valence-corrected chi connectivity index (χ2v) is 3.99. The van der Waals surface area contributed by atoms with Crippen LogP contribution >= 0.6 is 0 Å². The smallest absolute Gasteiger partial charge is 0.245 e. The van der Waals surface area contributed by atoms with Crippen LogP contribution in [0, 0.1) is 0 Å². The first-order chi connectivity index (χ1) is 6.66. The van der Waals surface area contributed by atoms with E-state index in [0.717, 1.165) is 13.0 Å². The highest BCUT2D eigenvalue weighted by Crippen LogP contribution is 2.14. The van der Waals surface area contributed by atoms with Crippen molar-refractivity contribution in [2.24, 2.45) is 5.73 Å². The number of nitrogens with two attached hydrogens (primary N) is 1. The summed E-state index contributed by atoms with van der Waals surface area (Å²) in [6.45, 7) is 1.36. The summed E-state index contributed by atoms with van der Waals surface area (Å²) in [5.74, 6) is 0.00986. The maximum atomic E-state index is 11.8. The van der Waals surface area contributed by atoms with Crippen LogP contribution in [0.15, 0.2) is 0 Å². The molecule has 0 aromatic carbocycles. The van der Waals surface area contributed by atoms with Crippen LogP contribution in [-0.2, 0) is 9.59 Å². The fourth-order valence-corrected chi connectivity index (χ4v) is 2.01. The first kappa shape index (κ1) is 9.45. The zero-order valence-electron chi connectivity index (χ0n) is 8.03. The van der Waals surface area contributed by atoms with Gasteiger partial charge in [-0.25, -0.2) is 0 Å². The number of carbonyl (C=O) groups excluding carboxylic acids is 2. The van der Waals surface area contributed by atoms with E-state index in [1.165, 1.54) is 0 Å². The van der Waals surface area contributed by atoms with Crippen LogP contribution in [0.25, 0.3) is 0 Å². The lowest BCUT2D eigenvalue weighted by molar-refractivity contribution is -0.133. The van der Waals surface area contributed by atoms with Gasteiger partial charge in [0.2, 0.25) is 11.8 Å². The van der Waals surface area contributed by atoms with Crippen LogP contribution in [0.5, 0.6) is 0 Å². The molecule has 2 saturated heterocycles. The van der Waals surface area contributed by atoms with Crippen LogP contribution in [0.2, 0.25) is 0 Å². The molecule has 2 atom stereocenters. The predicted molar refractivity (Wildman–Crippen MR) is 50.3 cm³/mol. The highest BCUT2D eigenvalue weighted by Gasteiger charge is 2.33. The van der Waals surface area contributed by atoms with E-state index in [0.29, 0.717) is 19.4 Å². The summed E-state index contributed by atoms with van der Waals surface area (Å²) in [5.41, 5.74) is 5.71. The Morgan fingerprint density at radius 1 is 1.50 bits per heavy atom. The van der Waals surface area contributed by atoms with E-state index in [4.69, 9.17) is 5.73 Å². The van der Waals surface area contributed by atoms with Gasteiger partial charge >= 0.3 is 0 Å². The van der Waals surface area contributed by atoms with Gasteiger partial charge in [-0.2, -0.15) is 0 Å². The summed E-state index contributed by atoms with van der Waals surface area (Å²) in [6, 6.07) is -0.191. The summed E-state index contributed by atoms with van der Waals surface area (Å²) in [4.78, 5) is 24.5. The SMILES string of the molecule is N[C@H]1CCN(C(=O)[C@H]2CCC(=O)N2)C1. The number of rotatable bonds is 1. The van der Waals surface area contributed by atoms with Crippen LogP contribution < -0.4 is 11.1 Å². The Labute approximate surface area is 82.6 Å². The number of nitrogens with zero attached hydrogens (tertiary/aromatic N) is 1. The molecule has 0 bridgehead atoms. The van der Waals surface area contributed by atoms with Crippen molar-refractivity contribution in [1.29, 1.82) is 0 Å². The summed E-state index contributed by atoms with van der Waals surface area (Å²) in [5, 5.41) is 2.67. The highest BCUT2D eigenvalue weighted by molar-refractivity contribution is 5.90. The van der Waals surface area contributed by atoms with Crippen molar-refractivity contribution in [2.75, 3.05) is 13.1 Å². The summed E-state index contributed by atoms with van der Waals surface area (Å²) < 4.78 is 0. The van der Waals surface area contributed by atoms with Gasteiger partial charge in [0.1, 0.15) is 6.04 Å². The molecule has 0 radical (unpaired) electrons. The minimum atomic E-state index is -0.298. The molecule has 0 aromatic rings. The average molecular weight is 197 g/mol. The lowest BCUT2D eigenvalue weighted by Crippen LogP contribution is -2.44. The van der Waals surface area contributed by atoms with Crippen molar-refractivity contribution in [2.45, 2.75) is 31.3 Å². The second kappa shape index (κ2) is 3.57. The maximum absolute atomic E-state index is 11.8. The fraction of sp³-hybridized carbons (Fsp3) is 0.778. The standard InChI is InChI=1S/C9H15N3O2/c10-6-3-4-12(5-6)9(14)7-1-2-8(13)11-7/h6-7H,1-5,10H2,(H,11,13)/t6-,7+/m0/s1. The van der Waals surface area contributed by atoms with Crippen LogP contribution in [0.1, 0.15) is 19.3 Å². The number of carbonyl (C=O) groups is 2. The van der Waals surface area contributed by atoms with Gasteiger partial charge < -0.3 is 16.0 Å². The molecule has 0 spiro atoms. The van der Waals surface area contributed by atoms with E-state index in [1.54, 1.807) is 4.90 Å². The molecule has 2 aliphatic rings. The van der Waals surface area contributed by atoms with Gasteiger partial charge in [0.05, 0.1) is 0 Å². The molecule has 5 heteroatoms. The van der Waals surface area contributed by atoms with Crippen molar-refractivity contribution in [1.82, 2.24) is 10.2 Å². The van der Waals surface area contributed by atoms with Crippen molar-refractivity contribution >= 4 is 11.8 Å². The topological polar surface area (TPSA) is 75.4 Å². The zero-order valence-corrected chi connectivity index (χ0v) is 8.03. The van der Waals surface area contributed by atoms with E-state index in [1.807, 2.05) is 0 Å².